The van der Waals surface area contributed by atoms with Crippen LogP contribution in [0.25, 0.3) is 0 Å². The first-order valence-electron chi connectivity index (χ1n) is 5.71. The van der Waals surface area contributed by atoms with Crippen LogP contribution in [0.4, 0.5) is 13.2 Å². The molecule has 0 aliphatic rings. The number of likely N-dealkylation sites (N-methyl/N-ethyl adjacent to an activating group) is 1. The SMILES string of the molecule is CNC(=O)[C@H](Cc1ccccc1)N=C(C)C(F)(F)F. The molecule has 6 heteroatoms. The summed E-state index contributed by atoms with van der Waals surface area (Å²) in [5, 5.41) is 2.33. The molecule has 1 aromatic carbocycles. The maximum Gasteiger partial charge on any atom is 0.428 e. The molecule has 1 aromatic rings. The molecule has 0 aromatic heterocycles. The first-order valence-corrected chi connectivity index (χ1v) is 5.71. The number of hydrogen-bond acceptors (Lipinski definition) is 2. The summed E-state index contributed by atoms with van der Waals surface area (Å²) in [4.78, 5) is 15.1. The molecule has 1 N–H and O–H groups in total. The van der Waals surface area contributed by atoms with Gasteiger partial charge >= 0.3 is 6.18 Å². The van der Waals surface area contributed by atoms with Crippen molar-refractivity contribution in [1.29, 1.82) is 0 Å². The number of halogens is 3. The molecular formula is C13H15F3N2O. The van der Waals surface area contributed by atoms with Crippen molar-refractivity contribution in [2.24, 2.45) is 4.99 Å². The normalized spacial score (nSPS) is 14.1. The molecule has 3 nitrogen and oxygen atoms in total. The second kappa shape index (κ2) is 6.36. The Hall–Kier alpha value is -1.85. The van der Waals surface area contributed by atoms with Crippen molar-refractivity contribution >= 4 is 11.6 Å². The second-order valence-corrected chi connectivity index (χ2v) is 4.03. The Balaban J connectivity index is 2.94. The van der Waals surface area contributed by atoms with Crippen LogP contribution in [0.1, 0.15) is 12.5 Å². The summed E-state index contributed by atoms with van der Waals surface area (Å²) < 4.78 is 37.4. The van der Waals surface area contributed by atoms with Gasteiger partial charge in [-0.05, 0) is 12.5 Å². The van der Waals surface area contributed by atoms with E-state index in [9.17, 15) is 18.0 Å². The minimum Gasteiger partial charge on any atom is -0.357 e. The van der Waals surface area contributed by atoms with E-state index in [0.717, 1.165) is 12.5 Å². The number of aliphatic imine (C=N–C) groups is 1. The van der Waals surface area contributed by atoms with Gasteiger partial charge in [-0.15, -0.1) is 0 Å². The zero-order valence-electron chi connectivity index (χ0n) is 10.7. The molecule has 0 aliphatic heterocycles. The smallest absolute Gasteiger partial charge is 0.357 e. The maximum atomic E-state index is 12.5. The number of carbonyl (C=O) groups excluding carboxylic acids is 1. The fourth-order valence-corrected chi connectivity index (χ4v) is 1.51. The molecule has 0 heterocycles. The van der Waals surface area contributed by atoms with Gasteiger partial charge in [0.1, 0.15) is 11.8 Å². The van der Waals surface area contributed by atoms with E-state index >= 15 is 0 Å². The van der Waals surface area contributed by atoms with Crippen LogP contribution >= 0.6 is 0 Å². The van der Waals surface area contributed by atoms with Gasteiger partial charge in [0.2, 0.25) is 5.91 Å². The van der Waals surface area contributed by atoms with E-state index < -0.39 is 23.8 Å². The molecule has 104 valence electrons. The quantitative estimate of drug-likeness (QED) is 0.840. The molecule has 1 atom stereocenters. The molecule has 19 heavy (non-hydrogen) atoms. The predicted molar refractivity (Wildman–Crippen MR) is 67.2 cm³/mol. The summed E-state index contributed by atoms with van der Waals surface area (Å²) in [5.41, 5.74) is -0.244. The summed E-state index contributed by atoms with van der Waals surface area (Å²) in [6, 6.07) is 7.73. The number of alkyl halides is 3. The molecule has 1 rings (SSSR count). The number of nitrogens with one attached hydrogen (secondary N) is 1. The number of carbonyl (C=O) groups is 1. The first-order chi connectivity index (χ1) is 8.84. The highest BCUT2D eigenvalue weighted by Gasteiger charge is 2.33. The Kier molecular flexibility index (Phi) is 5.09. The van der Waals surface area contributed by atoms with E-state index in [2.05, 4.69) is 10.3 Å². The molecule has 0 radical (unpaired) electrons. The van der Waals surface area contributed by atoms with Gasteiger partial charge in [-0.3, -0.25) is 9.79 Å². The molecule has 0 unspecified atom stereocenters. The zero-order chi connectivity index (χ0) is 14.5. The molecule has 0 saturated carbocycles. The van der Waals surface area contributed by atoms with Crippen molar-refractivity contribution in [3.63, 3.8) is 0 Å². The van der Waals surface area contributed by atoms with E-state index in [1.165, 1.54) is 7.05 Å². The topological polar surface area (TPSA) is 41.5 Å². The zero-order valence-corrected chi connectivity index (χ0v) is 10.7. The van der Waals surface area contributed by atoms with Crippen molar-refractivity contribution in [3.8, 4) is 0 Å². The van der Waals surface area contributed by atoms with Crippen molar-refractivity contribution in [1.82, 2.24) is 5.32 Å². The van der Waals surface area contributed by atoms with Crippen molar-refractivity contribution < 1.29 is 18.0 Å². The van der Waals surface area contributed by atoms with Gasteiger partial charge in [-0.25, -0.2) is 0 Å². The van der Waals surface area contributed by atoms with E-state index in [1.807, 2.05) is 0 Å². The summed E-state index contributed by atoms with van der Waals surface area (Å²) in [6.07, 6.45) is -4.38. The molecule has 0 bridgehead atoms. The van der Waals surface area contributed by atoms with Crippen LogP contribution in [0.2, 0.25) is 0 Å². The number of nitrogens with zero attached hydrogens (tertiary/aromatic N) is 1. The van der Waals surface area contributed by atoms with Gasteiger partial charge in [0.05, 0.1) is 0 Å². The maximum absolute atomic E-state index is 12.5. The lowest BCUT2D eigenvalue weighted by atomic mass is 10.1. The average molecular weight is 272 g/mol. The Morgan fingerprint density at radius 2 is 1.89 bits per heavy atom. The highest BCUT2D eigenvalue weighted by molar-refractivity contribution is 5.91. The molecule has 1 amide bonds. The van der Waals surface area contributed by atoms with Crippen LogP contribution in [-0.2, 0) is 11.2 Å². The van der Waals surface area contributed by atoms with Crippen LogP contribution in [-0.4, -0.2) is 30.9 Å². The highest BCUT2D eigenvalue weighted by atomic mass is 19.4. The minimum absolute atomic E-state index is 0.133. The van der Waals surface area contributed by atoms with E-state index in [0.29, 0.717) is 0 Å². The van der Waals surface area contributed by atoms with Crippen LogP contribution < -0.4 is 5.32 Å². The monoisotopic (exact) mass is 272 g/mol. The number of hydrogen-bond donors (Lipinski definition) is 1. The van der Waals surface area contributed by atoms with Gasteiger partial charge in [0, 0.05) is 13.5 Å². The minimum atomic E-state index is -4.51. The largest absolute Gasteiger partial charge is 0.428 e. The van der Waals surface area contributed by atoms with Crippen LogP contribution in [0.5, 0.6) is 0 Å². The standard InChI is InChI=1S/C13H15F3N2O/c1-9(13(14,15)16)18-11(12(19)17-2)8-10-6-4-3-5-7-10/h3-7,11H,8H2,1-2H3,(H,17,19)/t11-/m0/s1. The van der Waals surface area contributed by atoms with Gasteiger partial charge in [-0.1, -0.05) is 30.3 Å². The van der Waals surface area contributed by atoms with E-state index in [4.69, 9.17) is 0 Å². The van der Waals surface area contributed by atoms with Crippen molar-refractivity contribution in [3.05, 3.63) is 35.9 Å². The van der Waals surface area contributed by atoms with Crippen LogP contribution in [0, 0.1) is 0 Å². The average Bonchev–Trinajstić information content (AvgIpc) is 2.37. The van der Waals surface area contributed by atoms with E-state index in [1.54, 1.807) is 30.3 Å². The van der Waals surface area contributed by atoms with Gasteiger partial charge in [0.15, 0.2) is 0 Å². The molecule has 0 fully saturated rings. The Morgan fingerprint density at radius 3 is 2.37 bits per heavy atom. The fourth-order valence-electron chi connectivity index (χ4n) is 1.51. The van der Waals surface area contributed by atoms with Gasteiger partial charge in [-0.2, -0.15) is 13.2 Å². The fraction of sp³-hybridized carbons (Fsp3) is 0.385. The lowest BCUT2D eigenvalue weighted by Gasteiger charge is -2.14. The van der Waals surface area contributed by atoms with Crippen LogP contribution in [0.15, 0.2) is 35.3 Å². The van der Waals surface area contributed by atoms with Crippen LogP contribution in [0.3, 0.4) is 0 Å². The molecule has 0 saturated heterocycles. The third-order valence-electron chi connectivity index (χ3n) is 2.58. The number of benzene rings is 1. The van der Waals surface area contributed by atoms with E-state index in [-0.39, 0.29) is 6.42 Å². The summed E-state index contributed by atoms with van der Waals surface area (Å²) in [6.45, 7) is 0.862. The van der Waals surface area contributed by atoms with Crippen molar-refractivity contribution in [2.45, 2.75) is 25.6 Å². The summed E-state index contributed by atoms with van der Waals surface area (Å²) >= 11 is 0. The molecular weight excluding hydrogens is 257 g/mol. The predicted octanol–water partition coefficient (Wildman–Crippen LogP) is 2.37. The molecule has 0 aliphatic carbocycles. The highest BCUT2D eigenvalue weighted by Crippen LogP contribution is 2.18. The lowest BCUT2D eigenvalue weighted by molar-refractivity contribution is -0.121. The van der Waals surface area contributed by atoms with Gasteiger partial charge < -0.3 is 5.32 Å². The van der Waals surface area contributed by atoms with Crippen molar-refractivity contribution in [2.75, 3.05) is 7.05 Å². The summed E-state index contributed by atoms with van der Waals surface area (Å²) in [5.74, 6) is -0.535. The first kappa shape index (κ1) is 15.2. The lowest BCUT2D eigenvalue weighted by Crippen LogP contribution is -2.34. The number of rotatable bonds is 4. The molecule has 0 spiro atoms. The third kappa shape index (κ3) is 4.73. The van der Waals surface area contributed by atoms with Gasteiger partial charge in [0.25, 0.3) is 0 Å². The number of amides is 1. The summed E-state index contributed by atoms with van der Waals surface area (Å²) in [7, 11) is 1.37. The Bertz CT molecular complexity index is 455. The second-order valence-electron chi connectivity index (χ2n) is 4.03. The third-order valence-corrected chi connectivity index (χ3v) is 2.58. The Labute approximate surface area is 109 Å². The Morgan fingerprint density at radius 1 is 1.32 bits per heavy atom.